The van der Waals surface area contributed by atoms with E-state index in [9.17, 15) is 14.3 Å². The first kappa shape index (κ1) is 14.3. The number of benzene rings is 1. The van der Waals surface area contributed by atoms with E-state index in [0.29, 0.717) is 28.2 Å². The Morgan fingerprint density at radius 1 is 1.58 bits per heavy atom. The second-order valence-electron chi connectivity index (χ2n) is 5.44. The van der Waals surface area contributed by atoms with Crippen LogP contribution in [-0.4, -0.2) is 17.6 Å². The fourth-order valence-corrected chi connectivity index (χ4v) is 3.11. The maximum Gasteiger partial charge on any atom is 0.311 e. The Bertz CT molecular complexity index is 504. The van der Waals surface area contributed by atoms with Gasteiger partial charge in [0.2, 0.25) is 0 Å². The van der Waals surface area contributed by atoms with Crippen molar-refractivity contribution >= 4 is 27.6 Å². The summed E-state index contributed by atoms with van der Waals surface area (Å²) in [5.74, 6) is -1.33. The molecule has 5 heteroatoms. The van der Waals surface area contributed by atoms with Crippen LogP contribution in [0, 0.1) is 17.7 Å². The first-order valence-electron chi connectivity index (χ1n) is 6.35. The average molecular weight is 330 g/mol. The van der Waals surface area contributed by atoms with Crippen LogP contribution in [0.5, 0.6) is 0 Å². The number of nitrogens with one attached hydrogen (secondary N) is 1. The third kappa shape index (κ3) is 2.91. The minimum Gasteiger partial charge on any atom is -0.481 e. The van der Waals surface area contributed by atoms with Gasteiger partial charge < -0.3 is 10.4 Å². The summed E-state index contributed by atoms with van der Waals surface area (Å²) in [7, 11) is 0. The summed E-state index contributed by atoms with van der Waals surface area (Å²) in [6, 6.07) is 2.95. The molecule has 3 nitrogen and oxygen atoms in total. The van der Waals surface area contributed by atoms with Gasteiger partial charge in [0.25, 0.3) is 0 Å². The molecule has 0 aromatic heterocycles. The molecule has 0 radical (unpaired) electrons. The second kappa shape index (κ2) is 5.49. The number of anilines is 1. The van der Waals surface area contributed by atoms with Crippen molar-refractivity contribution in [2.24, 2.45) is 11.8 Å². The van der Waals surface area contributed by atoms with Gasteiger partial charge in [0.05, 0.1) is 10.4 Å². The van der Waals surface area contributed by atoms with Gasteiger partial charge in [0.15, 0.2) is 0 Å². The SMILES string of the molecule is CC(C)CC1CNc2cc(F)c(Br)cc2C1C(=O)O. The topological polar surface area (TPSA) is 49.3 Å². The van der Waals surface area contributed by atoms with E-state index in [1.54, 1.807) is 6.07 Å². The van der Waals surface area contributed by atoms with Gasteiger partial charge in [-0.2, -0.15) is 0 Å². The van der Waals surface area contributed by atoms with Crippen molar-refractivity contribution in [3.05, 3.63) is 28.0 Å². The Kier molecular flexibility index (Phi) is 4.13. The number of hydrogen-bond donors (Lipinski definition) is 2. The van der Waals surface area contributed by atoms with Crippen LogP contribution in [0.15, 0.2) is 16.6 Å². The van der Waals surface area contributed by atoms with Crippen molar-refractivity contribution < 1.29 is 14.3 Å². The van der Waals surface area contributed by atoms with Gasteiger partial charge >= 0.3 is 5.97 Å². The molecule has 0 aliphatic carbocycles. The molecule has 0 saturated heterocycles. The fourth-order valence-electron chi connectivity index (χ4n) is 2.75. The summed E-state index contributed by atoms with van der Waals surface area (Å²) < 4.78 is 13.8. The molecule has 0 amide bonds. The smallest absolute Gasteiger partial charge is 0.311 e. The molecule has 1 heterocycles. The summed E-state index contributed by atoms with van der Waals surface area (Å²) >= 11 is 3.13. The molecule has 2 rings (SSSR count). The van der Waals surface area contributed by atoms with Crippen LogP contribution in [-0.2, 0) is 4.79 Å². The maximum atomic E-state index is 13.5. The normalized spacial score (nSPS) is 21.9. The summed E-state index contributed by atoms with van der Waals surface area (Å²) in [6.45, 7) is 4.73. The highest BCUT2D eigenvalue weighted by Crippen LogP contribution is 2.40. The standard InChI is InChI=1S/C14H17BrFNO2/c1-7(2)3-8-6-17-12-5-11(16)10(15)4-9(12)13(8)14(18)19/h4-5,7-8,13,17H,3,6H2,1-2H3,(H,18,19). The van der Waals surface area contributed by atoms with Crippen molar-refractivity contribution in [1.29, 1.82) is 0 Å². The van der Waals surface area contributed by atoms with Crippen LogP contribution in [0.25, 0.3) is 0 Å². The van der Waals surface area contributed by atoms with E-state index in [0.717, 1.165) is 6.42 Å². The van der Waals surface area contributed by atoms with Crippen LogP contribution < -0.4 is 5.32 Å². The van der Waals surface area contributed by atoms with Crippen molar-refractivity contribution in [3.8, 4) is 0 Å². The van der Waals surface area contributed by atoms with Gasteiger partial charge in [-0.15, -0.1) is 0 Å². The Hall–Kier alpha value is -1.10. The summed E-state index contributed by atoms with van der Waals surface area (Å²) in [5, 5.41) is 12.6. The molecule has 104 valence electrons. The van der Waals surface area contributed by atoms with Gasteiger partial charge in [0.1, 0.15) is 5.82 Å². The predicted octanol–water partition coefficient (Wildman–Crippen LogP) is 3.84. The van der Waals surface area contributed by atoms with Gasteiger partial charge in [-0.05, 0) is 51.9 Å². The molecule has 1 aliphatic rings. The van der Waals surface area contributed by atoms with Crippen LogP contribution in [0.4, 0.5) is 10.1 Å². The van der Waals surface area contributed by atoms with Gasteiger partial charge in [0, 0.05) is 12.2 Å². The summed E-state index contributed by atoms with van der Waals surface area (Å²) in [4.78, 5) is 11.6. The Morgan fingerprint density at radius 3 is 2.84 bits per heavy atom. The van der Waals surface area contributed by atoms with E-state index in [1.807, 2.05) is 0 Å². The zero-order chi connectivity index (χ0) is 14.2. The number of hydrogen-bond acceptors (Lipinski definition) is 2. The minimum atomic E-state index is -0.841. The zero-order valence-corrected chi connectivity index (χ0v) is 12.5. The molecule has 1 aliphatic heterocycles. The van der Waals surface area contributed by atoms with Crippen LogP contribution in [0.2, 0.25) is 0 Å². The number of fused-ring (bicyclic) bond motifs is 1. The highest BCUT2D eigenvalue weighted by molar-refractivity contribution is 9.10. The Morgan fingerprint density at radius 2 is 2.26 bits per heavy atom. The van der Waals surface area contributed by atoms with Gasteiger partial charge in [-0.1, -0.05) is 13.8 Å². The lowest BCUT2D eigenvalue weighted by atomic mass is 9.78. The van der Waals surface area contributed by atoms with Crippen LogP contribution in [0.1, 0.15) is 31.7 Å². The highest BCUT2D eigenvalue weighted by Gasteiger charge is 2.35. The lowest BCUT2D eigenvalue weighted by Crippen LogP contribution is -2.33. The van der Waals surface area contributed by atoms with E-state index < -0.39 is 11.9 Å². The molecule has 0 spiro atoms. The number of rotatable bonds is 3. The number of aliphatic carboxylic acids is 1. The van der Waals surface area contributed by atoms with E-state index in [-0.39, 0.29) is 11.7 Å². The molecule has 0 bridgehead atoms. The molecule has 2 unspecified atom stereocenters. The first-order valence-corrected chi connectivity index (χ1v) is 7.15. The Labute approximate surface area is 120 Å². The summed E-state index contributed by atoms with van der Waals surface area (Å²) in [6.07, 6.45) is 0.832. The quantitative estimate of drug-likeness (QED) is 0.885. The maximum absolute atomic E-state index is 13.5. The largest absolute Gasteiger partial charge is 0.481 e. The van der Waals surface area contributed by atoms with E-state index in [1.165, 1.54) is 6.07 Å². The van der Waals surface area contributed by atoms with Crippen molar-refractivity contribution in [2.45, 2.75) is 26.2 Å². The van der Waals surface area contributed by atoms with Gasteiger partial charge in [-0.3, -0.25) is 4.79 Å². The average Bonchev–Trinajstić information content (AvgIpc) is 2.29. The summed E-state index contributed by atoms with van der Waals surface area (Å²) in [5.41, 5.74) is 1.26. The molecule has 0 fully saturated rings. The predicted molar refractivity (Wildman–Crippen MR) is 75.9 cm³/mol. The molecular weight excluding hydrogens is 313 g/mol. The molecule has 1 aromatic carbocycles. The van der Waals surface area contributed by atoms with Crippen molar-refractivity contribution in [2.75, 3.05) is 11.9 Å². The third-order valence-corrected chi connectivity index (χ3v) is 4.10. The molecule has 19 heavy (non-hydrogen) atoms. The van der Waals surface area contributed by atoms with Crippen LogP contribution >= 0.6 is 15.9 Å². The van der Waals surface area contributed by atoms with E-state index in [2.05, 4.69) is 35.1 Å². The molecule has 2 N–H and O–H groups in total. The molecular formula is C14H17BrFNO2. The lowest BCUT2D eigenvalue weighted by Gasteiger charge is -2.33. The second-order valence-corrected chi connectivity index (χ2v) is 6.29. The molecule has 2 atom stereocenters. The first-order chi connectivity index (χ1) is 8.90. The van der Waals surface area contributed by atoms with Crippen molar-refractivity contribution in [3.63, 3.8) is 0 Å². The lowest BCUT2D eigenvalue weighted by molar-refractivity contribution is -0.140. The number of carboxylic acids is 1. The number of halogens is 2. The fraction of sp³-hybridized carbons (Fsp3) is 0.500. The third-order valence-electron chi connectivity index (χ3n) is 3.49. The van der Waals surface area contributed by atoms with Crippen molar-refractivity contribution in [1.82, 2.24) is 0 Å². The van der Waals surface area contributed by atoms with E-state index in [4.69, 9.17) is 0 Å². The number of carbonyl (C=O) groups is 1. The van der Waals surface area contributed by atoms with Crippen LogP contribution in [0.3, 0.4) is 0 Å². The minimum absolute atomic E-state index is 0.0300. The monoisotopic (exact) mass is 329 g/mol. The molecule has 1 aromatic rings. The zero-order valence-electron chi connectivity index (χ0n) is 10.9. The number of carboxylic acid groups (broad SMARTS) is 1. The Balaban J connectivity index is 2.42. The highest BCUT2D eigenvalue weighted by atomic mass is 79.9. The van der Waals surface area contributed by atoms with E-state index >= 15 is 0 Å². The van der Waals surface area contributed by atoms with Gasteiger partial charge in [-0.25, -0.2) is 4.39 Å². The molecule has 0 saturated carbocycles.